The van der Waals surface area contributed by atoms with Crippen molar-refractivity contribution in [3.8, 4) is 0 Å². The molecule has 1 atom stereocenters. The fourth-order valence-electron chi connectivity index (χ4n) is 6.53. The lowest BCUT2D eigenvalue weighted by atomic mass is 9.49. The number of non-ortho nitro benzene ring substituents is 1. The van der Waals surface area contributed by atoms with Crippen molar-refractivity contribution in [2.45, 2.75) is 64.3 Å². The average Bonchev–Trinajstić information content (AvgIpc) is 2.74. The van der Waals surface area contributed by atoms with Gasteiger partial charge >= 0.3 is 0 Å². The SMILES string of the molecule is C[C@H](c1cccc([N+](=O)[O-])c1)N(C)C(=O)CCCNC(=O)C12CC3CC(CC(C3)C1)C2. The fraction of sp³-hybridized carbons (Fsp3) is 0.667. The highest BCUT2D eigenvalue weighted by Crippen LogP contribution is 2.60. The zero-order valence-electron chi connectivity index (χ0n) is 18.5. The second-order valence-electron chi connectivity index (χ2n) is 10.1. The molecule has 168 valence electrons. The molecule has 1 aromatic rings. The maximum atomic E-state index is 13.0. The zero-order valence-corrected chi connectivity index (χ0v) is 18.5. The van der Waals surface area contributed by atoms with Gasteiger partial charge in [0.25, 0.3) is 5.69 Å². The van der Waals surface area contributed by atoms with Gasteiger partial charge in [-0.25, -0.2) is 0 Å². The van der Waals surface area contributed by atoms with Crippen LogP contribution in [0, 0.1) is 33.3 Å². The third-order valence-corrected chi connectivity index (χ3v) is 7.91. The van der Waals surface area contributed by atoms with Crippen LogP contribution in [-0.2, 0) is 9.59 Å². The largest absolute Gasteiger partial charge is 0.356 e. The molecule has 5 rings (SSSR count). The second-order valence-corrected chi connectivity index (χ2v) is 10.1. The van der Waals surface area contributed by atoms with Gasteiger partial charge in [0, 0.05) is 37.6 Å². The topological polar surface area (TPSA) is 92.6 Å². The highest BCUT2D eigenvalue weighted by atomic mass is 16.6. The van der Waals surface area contributed by atoms with E-state index in [2.05, 4.69) is 5.32 Å². The predicted octanol–water partition coefficient (Wildman–Crippen LogP) is 4.23. The van der Waals surface area contributed by atoms with Crippen LogP contribution in [0.4, 0.5) is 5.69 Å². The van der Waals surface area contributed by atoms with Gasteiger partial charge in [0.05, 0.1) is 11.0 Å². The molecule has 4 fully saturated rings. The Bertz CT molecular complexity index is 833. The maximum Gasteiger partial charge on any atom is 0.269 e. The van der Waals surface area contributed by atoms with Crippen molar-refractivity contribution in [3.05, 3.63) is 39.9 Å². The highest BCUT2D eigenvalue weighted by Gasteiger charge is 2.54. The number of amides is 2. The van der Waals surface area contributed by atoms with E-state index in [0.717, 1.165) is 42.6 Å². The van der Waals surface area contributed by atoms with Gasteiger partial charge in [0.15, 0.2) is 0 Å². The minimum atomic E-state index is -0.426. The van der Waals surface area contributed by atoms with Crippen molar-refractivity contribution < 1.29 is 14.5 Å². The molecule has 4 bridgehead atoms. The number of nitrogens with one attached hydrogen (secondary N) is 1. The third kappa shape index (κ3) is 4.46. The van der Waals surface area contributed by atoms with Crippen LogP contribution in [0.2, 0.25) is 0 Å². The molecule has 4 aliphatic carbocycles. The lowest BCUT2D eigenvalue weighted by Gasteiger charge is -2.55. The van der Waals surface area contributed by atoms with Gasteiger partial charge in [-0.1, -0.05) is 12.1 Å². The summed E-state index contributed by atoms with van der Waals surface area (Å²) in [6.07, 6.45) is 8.04. The monoisotopic (exact) mass is 427 g/mol. The van der Waals surface area contributed by atoms with Crippen molar-refractivity contribution in [1.82, 2.24) is 10.2 Å². The maximum absolute atomic E-state index is 13.0. The molecule has 0 heterocycles. The lowest BCUT2D eigenvalue weighted by Crippen LogP contribution is -2.53. The normalized spacial score (nSPS) is 29.4. The molecule has 0 unspecified atom stereocenters. The van der Waals surface area contributed by atoms with Crippen molar-refractivity contribution >= 4 is 17.5 Å². The lowest BCUT2D eigenvalue weighted by molar-refractivity contribution is -0.384. The number of benzene rings is 1. The van der Waals surface area contributed by atoms with Crippen molar-refractivity contribution in [2.24, 2.45) is 23.2 Å². The highest BCUT2D eigenvalue weighted by molar-refractivity contribution is 5.83. The molecule has 4 aliphatic rings. The van der Waals surface area contributed by atoms with Crippen LogP contribution < -0.4 is 5.32 Å². The summed E-state index contributed by atoms with van der Waals surface area (Å²) >= 11 is 0. The molecule has 2 amide bonds. The van der Waals surface area contributed by atoms with Gasteiger partial charge in [-0.3, -0.25) is 19.7 Å². The fourth-order valence-corrected chi connectivity index (χ4v) is 6.53. The number of hydrogen-bond acceptors (Lipinski definition) is 4. The first-order valence-electron chi connectivity index (χ1n) is 11.6. The van der Waals surface area contributed by atoms with Crippen LogP contribution in [0.5, 0.6) is 0 Å². The molecule has 7 heteroatoms. The summed E-state index contributed by atoms with van der Waals surface area (Å²) in [4.78, 5) is 37.8. The summed E-state index contributed by atoms with van der Waals surface area (Å²) in [6, 6.07) is 6.15. The minimum absolute atomic E-state index is 0.0249. The van der Waals surface area contributed by atoms with Gasteiger partial charge in [-0.15, -0.1) is 0 Å². The van der Waals surface area contributed by atoms with E-state index in [1.807, 2.05) is 6.92 Å². The van der Waals surface area contributed by atoms with Gasteiger partial charge in [0.1, 0.15) is 0 Å². The molecule has 7 nitrogen and oxygen atoms in total. The Morgan fingerprint density at radius 3 is 2.39 bits per heavy atom. The van der Waals surface area contributed by atoms with E-state index < -0.39 is 4.92 Å². The minimum Gasteiger partial charge on any atom is -0.356 e. The van der Waals surface area contributed by atoms with Crippen molar-refractivity contribution in [1.29, 1.82) is 0 Å². The van der Waals surface area contributed by atoms with Crippen LogP contribution in [0.3, 0.4) is 0 Å². The molecular formula is C24H33N3O4. The Morgan fingerprint density at radius 1 is 1.19 bits per heavy atom. The first-order chi connectivity index (χ1) is 14.8. The van der Waals surface area contributed by atoms with E-state index in [4.69, 9.17) is 0 Å². The van der Waals surface area contributed by atoms with Crippen LogP contribution in [0.25, 0.3) is 0 Å². The Labute approximate surface area is 183 Å². The van der Waals surface area contributed by atoms with Crippen LogP contribution in [-0.4, -0.2) is 35.2 Å². The second kappa shape index (κ2) is 8.60. The Kier molecular flexibility index (Phi) is 6.04. The van der Waals surface area contributed by atoms with Crippen LogP contribution in [0.1, 0.15) is 69.9 Å². The van der Waals surface area contributed by atoms with E-state index in [1.165, 1.54) is 31.4 Å². The smallest absolute Gasteiger partial charge is 0.269 e. The van der Waals surface area contributed by atoms with Crippen LogP contribution in [0.15, 0.2) is 24.3 Å². The first kappa shape index (κ1) is 21.8. The Morgan fingerprint density at radius 2 is 1.81 bits per heavy atom. The van der Waals surface area contributed by atoms with Crippen molar-refractivity contribution in [3.63, 3.8) is 0 Å². The van der Waals surface area contributed by atoms with Gasteiger partial charge in [-0.05, 0) is 75.2 Å². The van der Waals surface area contributed by atoms with E-state index in [9.17, 15) is 19.7 Å². The van der Waals surface area contributed by atoms with E-state index >= 15 is 0 Å². The summed E-state index contributed by atoms with van der Waals surface area (Å²) in [5.74, 6) is 2.40. The molecule has 1 N–H and O–H groups in total. The molecule has 0 aliphatic heterocycles. The number of rotatable bonds is 8. The number of carbonyl (C=O) groups excluding carboxylic acids is 2. The summed E-state index contributed by atoms with van der Waals surface area (Å²) in [5.41, 5.74) is 0.615. The molecule has 0 saturated heterocycles. The van der Waals surface area contributed by atoms with E-state index in [-0.39, 0.29) is 29.0 Å². The molecule has 0 aromatic heterocycles. The summed E-state index contributed by atoms with van der Waals surface area (Å²) in [6.45, 7) is 2.39. The summed E-state index contributed by atoms with van der Waals surface area (Å²) in [7, 11) is 1.72. The predicted molar refractivity (Wildman–Crippen MR) is 117 cm³/mol. The number of nitro benzene ring substituents is 1. The summed E-state index contributed by atoms with van der Waals surface area (Å²) in [5, 5.41) is 14.1. The quantitative estimate of drug-likeness (QED) is 0.382. The van der Waals surface area contributed by atoms with Crippen molar-refractivity contribution in [2.75, 3.05) is 13.6 Å². The standard InChI is InChI=1S/C24H33N3O4/c1-16(20-5-3-6-21(12-20)27(30)31)26(2)22(28)7-4-8-25-23(29)24-13-17-9-18(14-24)11-19(10-17)15-24/h3,5-6,12,16-19H,4,7-11,13-15H2,1-2H3,(H,25,29)/t16-,17?,18?,19?,24?/m1/s1. The molecule has 0 spiro atoms. The molecule has 0 radical (unpaired) electrons. The number of nitro groups is 1. The number of hydrogen-bond donors (Lipinski definition) is 1. The van der Waals surface area contributed by atoms with Gasteiger partial charge in [0.2, 0.25) is 11.8 Å². The third-order valence-electron chi connectivity index (χ3n) is 7.91. The van der Waals surface area contributed by atoms with Crippen LogP contribution >= 0.6 is 0 Å². The number of carbonyl (C=O) groups is 2. The molecule has 4 saturated carbocycles. The molecule has 1 aromatic carbocycles. The molecule has 31 heavy (non-hydrogen) atoms. The zero-order chi connectivity index (χ0) is 22.2. The Hall–Kier alpha value is -2.44. The number of nitrogens with zero attached hydrogens (tertiary/aromatic N) is 2. The Balaban J connectivity index is 1.24. The summed E-state index contributed by atoms with van der Waals surface area (Å²) < 4.78 is 0. The van der Waals surface area contributed by atoms with E-state index in [1.54, 1.807) is 24.1 Å². The van der Waals surface area contributed by atoms with Gasteiger partial charge in [-0.2, -0.15) is 0 Å². The molecular weight excluding hydrogens is 394 g/mol. The van der Waals surface area contributed by atoms with E-state index in [0.29, 0.717) is 19.4 Å². The van der Waals surface area contributed by atoms with Gasteiger partial charge < -0.3 is 10.2 Å². The average molecular weight is 428 g/mol. The first-order valence-corrected chi connectivity index (χ1v) is 11.6.